The summed E-state index contributed by atoms with van der Waals surface area (Å²) in [5.74, 6) is 0. The van der Waals surface area contributed by atoms with Gasteiger partial charge in [-0.1, -0.05) is 11.8 Å². The summed E-state index contributed by atoms with van der Waals surface area (Å²) in [6.07, 6.45) is 0. The molecular formula is C8H5Cl2NO3S. The Morgan fingerprint density at radius 3 is 2.33 bits per heavy atom. The van der Waals surface area contributed by atoms with Gasteiger partial charge in [0.2, 0.25) is 5.24 Å². The van der Waals surface area contributed by atoms with Crippen LogP contribution in [0.3, 0.4) is 0 Å². The number of rotatable bonds is 4. The second-order valence-electron chi connectivity index (χ2n) is 2.49. The molecular weight excluding hydrogens is 261 g/mol. The van der Waals surface area contributed by atoms with Crippen LogP contribution in [0.5, 0.6) is 0 Å². The lowest BCUT2D eigenvalue weighted by molar-refractivity contribution is -0.384. The number of hydrogen-bond donors (Lipinski definition) is 0. The largest absolute Gasteiger partial charge is 0.279 e. The molecule has 0 spiro atoms. The number of nitro groups is 1. The minimum absolute atomic E-state index is 0.0114. The summed E-state index contributed by atoms with van der Waals surface area (Å²) in [6, 6.07) is 5.70. The average Bonchev–Trinajstić information content (AvgIpc) is 2.18. The van der Waals surface area contributed by atoms with E-state index in [1.165, 1.54) is 24.3 Å². The molecule has 7 heteroatoms. The number of nitro benzene ring substituents is 1. The summed E-state index contributed by atoms with van der Waals surface area (Å²) < 4.78 is -0.881. The van der Waals surface area contributed by atoms with Crippen LogP contribution in [0.15, 0.2) is 29.2 Å². The van der Waals surface area contributed by atoms with Gasteiger partial charge in [-0.15, -0.1) is 11.6 Å². The average molecular weight is 266 g/mol. The topological polar surface area (TPSA) is 60.2 Å². The molecule has 1 unspecified atom stereocenters. The molecule has 15 heavy (non-hydrogen) atoms. The van der Waals surface area contributed by atoms with Crippen molar-refractivity contribution in [1.82, 2.24) is 0 Å². The minimum Gasteiger partial charge on any atom is -0.279 e. The van der Waals surface area contributed by atoms with Crippen molar-refractivity contribution in [3.05, 3.63) is 34.4 Å². The van der Waals surface area contributed by atoms with Gasteiger partial charge in [-0.3, -0.25) is 14.9 Å². The normalized spacial score (nSPS) is 12.1. The number of thioether (sulfide) groups is 1. The van der Waals surface area contributed by atoms with Crippen LogP contribution >= 0.6 is 35.0 Å². The first-order chi connectivity index (χ1) is 7.00. The first-order valence-electron chi connectivity index (χ1n) is 3.75. The van der Waals surface area contributed by atoms with Crippen LogP contribution in [-0.2, 0) is 4.79 Å². The van der Waals surface area contributed by atoms with E-state index in [-0.39, 0.29) is 5.69 Å². The Labute approximate surface area is 99.7 Å². The van der Waals surface area contributed by atoms with E-state index in [1.54, 1.807) is 0 Å². The van der Waals surface area contributed by atoms with E-state index in [1.807, 2.05) is 0 Å². The summed E-state index contributed by atoms with van der Waals surface area (Å²) in [6.45, 7) is 0. The third kappa shape index (κ3) is 3.70. The Balaban J connectivity index is 2.72. The molecule has 0 N–H and O–H groups in total. The maximum absolute atomic E-state index is 10.6. The Morgan fingerprint density at radius 2 is 1.93 bits per heavy atom. The van der Waals surface area contributed by atoms with Crippen LogP contribution in [0.1, 0.15) is 0 Å². The zero-order valence-corrected chi connectivity index (χ0v) is 9.55. The fourth-order valence-corrected chi connectivity index (χ4v) is 1.88. The third-order valence-corrected chi connectivity index (χ3v) is 3.36. The van der Waals surface area contributed by atoms with Crippen LogP contribution in [0, 0.1) is 10.1 Å². The molecule has 0 aromatic heterocycles. The molecule has 4 nitrogen and oxygen atoms in total. The summed E-state index contributed by atoms with van der Waals surface area (Å²) in [4.78, 5) is 21.1. The lowest BCUT2D eigenvalue weighted by Gasteiger charge is -2.03. The van der Waals surface area contributed by atoms with Gasteiger partial charge in [0.05, 0.1) is 4.92 Å². The molecule has 0 radical (unpaired) electrons. The summed E-state index contributed by atoms with van der Waals surface area (Å²) in [7, 11) is 0. The first-order valence-corrected chi connectivity index (χ1v) is 5.44. The van der Waals surface area contributed by atoms with Crippen molar-refractivity contribution in [3.63, 3.8) is 0 Å². The van der Waals surface area contributed by atoms with Gasteiger partial charge in [0.25, 0.3) is 5.69 Å². The second kappa shape index (κ2) is 5.34. The van der Waals surface area contributed by atoms with Crippen LogP contribution < -0.4 is 0 Å². The van der Waals surface area contributed by atoms with Crippen molar-refractivity contribution >= 4 is 45.9 Å². The molecule has 0 amide bonds. The number of carbonyl (C=O) groups excluding carboxylic acids is 1. The van der Waals surface area contributed by atoms with Crippen LogP contribution in [-0.4, -0.2) is 14.9 Å². The van der Waals surface area contributed by atoms with Gasteiger partial charge in [-0.25, -0.2) is 0 Å². The van der Waals surface area contributed by atoms with Crippen molar-refractivity contribution in [1.29, 1.82) is 0 Å². The number of halogens is 2. The Morgan fingerprint density at radius 1 is 1.40 bits per heavy atom. The van der Waals surface area contributed by atoms with Gasteiger partial charge in [0.15, 0.2) is 4.71 Å². The highest BCUT2D eigenvalue weighted by atomic mass is 35.5. The maximum atomic E-state index is 10.6. The van der Waals surface area contributed by atoms with Gasteiger partial charge < -0.3 is 0 Å². The molecule has 1 atom stereocenters. The minimum atomic E-state index is -0.881. The van der Waals surface area contributed by atoms with E-state index in [2.05, 4.69) is 0 Å². The van der Waals surface area contributed by atoms with Gasteiger partial charge in [0, 0.05) is 17.0 Å². The van der Waals surface area contributed by atoms with E-state index < -0.39 is 14.9 Å². The molecule has 0 aliphatic carbocycles. The quantitative estimate of drug-likeness (QED) is 0.276. The molecule has 0 bridgehead atoms. The number of non-ortho nitro benzene ring substituents is 1. The van der Waals surface area contributed by atoms with Crippen LogP contribution in [0.2, 0.25) is 0 Å². The SMILES string of the molecule is O=C(Cl)C(Cl)Sc1ccc([N+](=O)[O-])cc1. The van der Waals surface area contributed by atoms with Crippen molar-refractivity contribution in [2.24, 2.45) is 0 Å². The third-order valence-electron chi connectivity index (χ3n) is 1.47. The predicted molar refractivity (Wildman–Crippen MR) is 59.5 cm³/mol. The lowest BCUT2D eigenvalue weighted by atomic mass is 10.3. The van der Waals surface area contributed by atoms with E-state index in [0.717, 1.165) is 11.8 Å². The molecule has 0 aliphatic heterocycles. The summed E-state index contributed by atoms with van der Waals surface area (Å²) in [5, 5.41) is 9.67. The van der Waals surface area contributed by atoms with Gasteiger partial charge >= 0.3 is 0 Å². The molecule has 1 aromatic carbocycles. The predicted octanol–water partition coefficient (Wildman–Crippen LogP) is 3.02. The molecule has 0 saturated heterocycles. The van der Waals surface area contributed by atoms with Gasteiger partial charge in [0.1, 0.15) is 0 Å². The van der Waals surface area contributed by atoms with E-state index in [4.69, 9.17) is 23.2 Å². The fourth-order valence-electron chi connectivity index (χ4n) is 0.812. The van der Waals surface area contributed by atoms with Crippen LogP contribution in [0.4, 0.5) is 5.69 Å². The molecule has 0 saturated carbocycles. The molecule has 1 aromatic rings. The Kier molecular flexibility index (Phi) is 4.38. The number of benzene rings is 1. The number of nitrogens with zero attached hydrogens (tertiary/aromatic N) is 1. The van der Waals surface area contributed by atoms with Crippen molar-refractivity contribution in [2.45, 2.75) is 9.60 Å². The zero-order valence-electron chi connectivity index (χ0n) is 7.22. The number of carbonyl (C=O) groups is 1. The lowest BCUT2D eigenvalue weighted by Crippen LogP contribution is -2.01. The molecule has 80 valence electrons. The van der Waals surface area contributed by atoms with Gasteiger partial charge in [-0.2, -0.15) is 0 Å². The fraction of sp³-hybridized carbons (Fsp3) is 0.125. The smallest absolute Gasteiger partial charge is 0.269 e. The van der Waals surface area contributed by atoms with Crippen molar-refractivity contribution in [2.75, 3.05) is 0 Å². The Bertz CT molecular complexity index is 382. The van der Waals surface area contributed by atoms with Crippen molar-refractivity contribution < 1.29 is 9.72 Å². The summed E-state index contributed by atoms with van der Waals surface area (Å²) in [5.41, 5.74) is -0.0114. The molecule has 1 rings (SSSR count). The highest BCUT2D eigenvalue weighted by molar-refractivity contribution is 8.02. The highest BCUT2D eigenvalue weighted by Gasteiger charge is 2.14. The van der Waals surface area contributed by atoms with Crippen molar-refractivity contribution in [3.8, 4) is 0 Å². The highest BCUT2D eigenvalue weighted by Crippen LogP contribution is 2.28. The number of hydrogen-bond acceptors (Lipinski definition) is 4. The standard InChI is InChI=1S/C8H5Cl2NO3S/c9-7(12)8(10)15-6-3-1-5(2-4-6)11(13)14/h1-4,8H. The monoisotopic (exact) mass is 265 g/mol. The van der Waals surface area contributed by atoms with E-state index >= 15 is 0 Å². The van der Waals surface area contributed by atoms with E-state index in [9.17, 15) is 14.9 Å². The first kappa shape index (κ1) is 12.3. The number of alkyl halides is 1. The van der Waals surface area contributed by atoms with E-state index in [0.29, 0.717) is 4.90 Å². The van der Waals surface area contributed by atoms with Gasteiger partial charge in [-0.05, 0) is 23.7 Å². The zero-order chi connectivity index (χ0) is 11.4. The second-order valence-corrected chi connectivity index (χ2v) is 4.74. The van der Waals surface area contributed by atoms with Crippen LogP contribution in [0.25, 0.3) is 0 Å². The Hall–Kier alpha value is -0.780. The molecule has 0 heterocycles. The molecule has 0 fully saturated rings. The molecule has 0 aliphatic rings. The summed E-state index contributed by atoms with van der Waals surface area (Å²) >= 11 is 11.8. The maximum Gasteiger partial charge on any atom is 0.269 e.